The number of benzene rings is 3. The quantitative estimate of drug-likeness (QED) is 0.345. The van der Waals surface area contributed by atoms with Crippen LogP contribution in [-0.2, 0) is 21.8 Å². The Kier molecular flexibility index (Phi) is 5.34. The molecule has 7 heteroatoms. The van der Waals surface area contributed by atoms with Gasteiger partial charge in [0.25, 0.3) is 5.56 Å². The molecule has 0 fully saturated rings. The number of hydrogen-bond acceptors (Lipinski definition) is 5. The SMILES string of the molecule is CC(=O)N1N=C(Cn2c(=O)c(-c3ccccc3)cc3cccnc32)OC1(C)c1ccc2ccccc2c1. The summed E-state index contributed by atoms with van der Waals surface area (Å²) in [7, 11) is 0. The predicted octanol–water partition coefficient (Wildman–Crippen LogP) is 5.28. The molecule has 0 radical (unpaired) electrons. The first-order valence-corrected chi connectivity index (χ1v) is 12.0. The zero-order valence-electron chi connectivity index (χ0n) is 20.5. The summed E-state index contributed by atoms with van der Waals surface area (Å²) in [6, 6.07) is 29.1. The van der Waals surface area contributed by atoms with Gasteiger partial charge in [0.2, 0.25) is 17.5 Å². The fourth-order valence-electron chi connectivity index (χ4n) is 4.91. The minimum Gasteiger partial charge on any atom is -0.446 e. The summed E-state index contributed by atoms with van der Waals surface area (Å²) in [5.74, 6) is -0.0100. The van der Waals surface area contributed by atoms with Gasteiger partial charge in [0.15, 0.2) is 0 Å². The number of nitrogens with zero attached hydrogens (tertiary/aromatic N) is 4. The molecule has 0 saturated heterocycles. The maximum atomic E-state index is 13.7. The van der Waals surface area contributed by atoms with Crippen molar-refractivity contribution in [3.8, 4) is 11.1 Å². The van der Waals surface area contributed by atoms with Crippen molar-refractivity contribution in [2.24, 2.45) is 5.10 Å². The van der Waals surface area contributed by atoms with Crippen LogP contribution in [0.4, 0.5) is 0 Å². The van der Waals surface area contributed by atoms with Crippen molar-refractivity contribution in [1.82, 2.24) is 14.6 Å². The molecule has 5 aromatic rings. The molecule has 6 rings (SSSR count). The molecule has 1 atom stereocenters. The van der Waals surface area contributed by atoms with Crippen LogP contribution in [0.5, 0.6) is 0 Å². The first-order valence-electron chi connectivity index (χ1n) is 12.0. The van der Waals surface area contributed by atoms with E-state index in [-0.39, 0.29) is 23.9 Å². The standard InChI is InChI=1S/C30H24N4O3/c1-20(35)34-30(2,25-15-14-21-9-6-7-12-23(21)17-25)37-27(32-34)19-33-28-24(13-8-16-31-28)18-26(29(33)36)22-10-4-3-5-11-22/h3-18H,19H2,1-2H3. The van der Waals surface area contributed by atoms with Gasteiger partial charge in [-0.3, -0.25) is 14.2 Å². The lowest BCUT2D eigenvalue weighted by Gasteiger charge is -2.31. The molecule has 0 aliphatic carbocycles. The molecule has 0 spiro atoms. The lowest BCUT2D eigenvalue weighted by molar-refractivity contribution is -0.146. The van der Waals surface area contributed by atoms with Crippen LogP contribution >= 0.6 is 0 Å². The highest BCUT2D eigenvalue weighted by Gasteiger charge is 2.44. The molecule has 0 saturated carbocycles. The second kappa shape index (κ2) is 8.71. The van der Waals surface area contributed by atoms with E-state index < -0.39 is 5.72 Å². The molecule has 3 heterocycles. The first kappa shape index (κ1) is 22.7. The first-order chi connectivity index (χ1) is 17.9. The van der Waals surface area contributed by atoms with Crippen LogP contribution in [0, 0.1) is 0 Å². The third-order valence-electron chi connectivity index (χ3n) is 6.74. The van der Waals surface area contributed by atoms with E-state index in [2.05, 4.69) is 10.1 Å². The maximum absolute atomic E-state index is 13.7. The van der Waals surface area contributed by atoms with Crippen LogP contribution in [-0.4, -0.2) is 26.4 Å². The van der Waals surface area contributed by atoms with Crippen LogP contribution in [0.15, 0.2) is 107 Å². The second-order valence-corrected chi connectivity index (χ2v) is 9.20. The van der Waals surface area contributed by atoms with Crippen molar-refractivity contribution >= 4 is 33.6 Å². The van der Waals surface area contributed by atoms with E-state index in [1.54, 1.807) is 10.8 Å². The molecule has 7 nitrogen and oxygen atoms in total. The lowest BCUT2D eigenvalue weighted by Crippen LogP contribution is -2.41. The van der Waals surface area contributed by atoms with Gasteiger partial charge in [-0.05, 0) is 40.6 Å². The number of rotatable bonds is 4. The number of fused-ring (bicyclic) bond motifs is 2. The van der Waals surface area contributed by atoms with Crippen LogP contribution < -0.4 is 5.56 Å². The van der Waals surface area contributed by atoms with E-state index in [1.807, 2.05) is 97.9 Å². The Balaban J connectivity index is 1.44. The van der Waals surface area contributed by atoms with E-state index >= 15 is 0 Å². The molecule has 0 bridgehead atoms. The predicted molar refractivity (Wildman–Crippen MR) is 144 cm³/mol. The summed E-state index contributed by atoms with van der Waals surface area (Å²) < 4.78 is 7.94. The number of carbonyl (C=O) groups excluding carboxylic acids is 1. The minimum atomic E-state index is -1.16. The van der Waals surface area contributed by atoms with Crippen LogP contribution in [0.1, 0.15) is 19.4 Å². The van der Waals surface area contributed by atoms with Gasteiger partial charge in [0.1, 0.15) is 12.2 Å². The van der Waals surface area contributed by atoms with E-state index in [1.165, 1.54) is 11.9 Å². The van der Waals surface area contributed by atoms with Crippen LogP contribution in [0.2, 0.25) is 0 Å². The normalized spacial score (nSPS) is 17.1. The molecular weight excluding hydrogens is 464 g/mol. The average Bonchev–Trinajstić information content (AvgIpc) is 3.27. The van der Waals surface area contributed by atoms with E-state index in [0.717, 1.165) is 27.3 Å². The Morgan fingerprint density at radius 2 is 1.62 bits per heavy atom. The summed E-state index contributed by atoms with van der Waals surface area (Å²) in [4.78, 5) is 30.8. The van der Waals surface area contributed by atoms with Crippen LogP contribution in [0.25, 0.3) is 32.9 Å². The van der Waals surface area contributed by atoms with E-state index in [0.29, 0.717) is 11.2 Å². The second-order valence-electron chi connectivity index (χ2n) is 9.20. The Labute approximate surface area is 213 Å². The number of hydrogen-bond donors (Lipinski definition) is 0. The topological polar surface area (TPSA) is 76.8 Å². The van der Waals surface area contributed by atoms with Crippen molar-refractivity contribution < 1.29 is 9.53 Å². The fraction of sp³-hybridized carbons (Fsp3) is 0.133. The summed E-state index contributed by atoms with van der Waals surface area (Å²) in [5, 5.41) is 8.81. The molecule has 2 aromatic heterocycles. The Hall–Kier alpha value is -4.78. The average molecular weight is 489 g/mol. The zero-order chi connectivity index (χ0) is 25.6. The van der Waals surface area contributed by atoms with Gasteiger partial charge in [-0.15, -0.1) is 5.10 Å². The van der Waals surface area contributed by atoms with Crippen molar-refractivity contribution in [3.05, 3.63) is 113 Å². The van der Waals surface area contributed by atoms with Gasteiger partial charge in [0.05, 0.1) is 0 Å². The number of ether oxygens (including phenoxy) is 1. The smallest absolute Gasteiger partial charge is 0.260 e. The van der Waals surface area contributed by atoms with E-state index in [4.69, 9.17) is 4.74 Å². The maximum Gasteiger partial charge on any atom is 0.260 e. The minimum absolute atomic E-state index is 0.0277. The van der Waals surface area contributed by atoms with Crippen molar-refractivity contribution in [2.45, 2.75) is 26.1 Å². The Morgan fingerprint density at radius 3 is 2.41 bits per heavy atom. The van der Waals surface area contributed by atoms with Gasteiger partial charge >= 0.3 is 0 Å². The third-order valence-corrected chi connectivity index (χ3v) is 6.74. The summed E-state index contributed by atoms with van der Waals surface area (Å²) >= 11 is 0. The largest absolute Gasteiger partial charge is 0.446 e. The summed E-state index contributed by atoms with van der Waals surface area (Å²) in [6.45, 7) is 3.29. The molecule has 1 unspecified atom stereocenters. The molecule has 182 valence electrons. The molecule has 37 heavy (non-hydrogen) atoms. The van der Waals surface area contributed by atoms with Crippen molar-refractivity contribution in [2.75, 3.05) is 0 Å². The highest BCUT2D eigenvalue weighted by molar-refractivity contribution is 5.87. The van der Waals surface area contributed by atoms with Gasteiger partial charge in [-0.2, -0.15) is 5.01 Å². The zero-order valence-corrected chi connectivity index (χ0v) is 20.5. The molecule has 1 aliphatic rings. The summed E-state index contributed by atoms with van der Waals surface area (Å²) in [6.07, 6.45) is 1.65. The third kappa shape index (κ3) is 3.85. The van der Waals surface area contributed by atoms with Gasteiger partial charge < -0.3 is 4.74 Å². The van der Waals surface area contributed by atoms with Gasteiger partial charge in [-0.25, -0.2) is 4.98 Å². The van der Waals surface area contributed by atoms with Crippen LogP contribution in [0.3, 0.4) is 0 Å². The number of pyridine rings is 2. The summed E-state index contributed by atoms with van der Waals surface area (Å²) in [5.41, 5.74) is 1.31. The number of hydrazone groups is 1. The Bertz CT molecular complexity index is 1760. The lowest BCUT2D eigenvalue weighted by atomic mass is 9.99. The Morgan fingerprint density at radius 1 is 0.892 bits per heavy atom. The molecule has 1 aliphatic heterocycles. The highest BCUT2D eigenvalue weighted by Crippen LogP contribution is 2.37. The molecule has 3 aromatic carbocycles. The van der Waals surface area contributed by atoms with Crippen molar-refractivity contribution in [3.63, 3.8) is 0 Å². The molecular formula is C30H24N4O3. The van der Waals surface area contributed by atoms with E-state index in [9.17, 15) is 9.59 Å². The van der Waals surface area contributed by atoms with Crippen molar-refractivity contribution in [1.29, 1.82) is 0 Å². The molecule has 0 N–H and O–H groups in total. The number of amides is 1. The highest BCUT2D eigenvalue weighted by atomic mass is 16.6. The number of carbonyl (C=O) groups is 1. The fourth-order valence-corrected chi connectivity index (χ4v) is 4.91. The number of aromatic nitrogens is 2. The monoisotopic (exact) mass is 488 g/mol. The van der Waals surface area contributed by atoms with Gasteiger partial charge in [0, 0.05) is 36.6 Å². The van der Waals surface area contributed by atoms with Gasteiger partial charge in [-0.1, -0.05) is 66.7 Å². The molecule has 1 amide bonds.